The van der Waals surface area contributed by atoms with Gasteiger partial charge >= 0.3 is 12.1 Å². The molecule has 0 saturated carbocycles. The van der Waals surface area contributed by atoms with Crippen molar-refractivity contribution in [3.05, 3.63) is 83.4 Å². The number of likely N-dealkylation sites (N-methyl/N-ethyl adjacent to an activating group) is 1. The largest absolute Gasteiger partial charge is 0.481 e. The zero-order valence-electron chi connectivity index (χ0n) is 24.5. The summed E-state index contributed by atoms with van der Waals surface area (Å²) in [5.74, 6) is -0.162. The maximum Gasteiger partial charge on any atom is 0.407 e. The van der Waals surface area contributed by atoms with Crippen LogP contribution in [0.5, 0.6) is 5.75 Å². The topological polar surface area (TPSA) is 90.2 Å². The van der Waals surface area contributed by atoms with Crippen LogP contribution in [-0.2, 0) is 27.2 Å². The van der Waals surface area contributed by atoms with E-state index < -0.39 is 23.6 Å². The van der Waals surface area contributed by atoms with E-state index in [9.17, 15) is 9.59 Å². The molecule has 1 N–H and O–H groups in total. The number of fused-ring (bicyclic) bond motifs is 2. The number of benzene rings is 3. The van der Waals surface area contributed by atoms with Crippen molar-refractivity contribution in [1.82, 2.24) is 5.32 Å². The zero-order chi connectivity index (χ0) is 30.0. The molecule has 0 bridgehead atoms. The molecule has 5 rings (SSSR count). The molecule has 42 heavy (non-hydrogen) atoms. The SMILES string of the molecule is CCOC(=O)Cc1cccc2c1O[C@@H](c1cc(-c3cccc(CNC(=O)OC(C)(C)C)c3F)c3occc3c1)CN2C. The average molecular weight is 575 g/mol. The lowest BCUT2D eigenvalue weighted by molar-refractivity contribution is -0.142. The van der Waals surface area contributed by atoms with Gasteiger partial charge in [-0.1, -0.05) is 30.3 Å². The lowest BCUT2D eigenvalue weighted by Gasteiger charge is -2.35. The van der Waals surface area contributed by atoms with E-state index >= 15 is 4.39 Å². The summed E-state index contributed by atoms with van der Waals surface area (Å²) in [6, 6.07) is 16.5. The molecule has 0 radical (unpaired) electrons. The fourth-order valence-corrected chi connectivity index (χ4v) is 5.11. The molecule has 0 unspecified atom stereocenters. The minimum Gasteiger partial charge on any atom is -0.481 e. The smallest absolute Gasteiger partial charge is 0.407 e. The van der Waals surface area contributed by atoms with Crippen LogP contribution in [0.25, 0.3) is 22.1 Å². The van der Waals surface area contributed by atoms with E-state index in [1.807, 2.05) is 43.4 Å². The Bertz CT molecular complexity index is 1620. The maximum absolute atomic E-state index is 15.9. The highest BCUT2D eigenvalue weighted by atomic mass is 19.1. The molecule has 4 aromatic rings. The predicted molar refractivity (Wildman–Crippen MR) is 158 cm³/mol. The van der Waals surface area contributed by atoms with Crippen LogP contribution >= 0.6 is 0 Å². The number of esters is 1. The fourth-order valence-electron chi connectivity index (χ4n) is 5.11. The van der Waals surface area contributed by atoms with Crippen LogP contribution in [0, 0.1) is 5.82 Å². The normalized spacial score (nSPS) is 14.7. The van der Waals surface area contributed by atoms with Crippen LogP contribution in [0.1, 0.15) is 50.5 Å². The van der Waals surface area contributed by atoms with Gasteiger partial charge in [0.25, 0.3) is 0 Å². The number of nitrogens with one attached hydrogen (secondary N) is 1. The molecule has 1 aromatic heterocycles. The summed E-state index contributed by atoms with van der Waals surface area (Å²) in [5.41, 5.74) is 3.56. The van der Waals surface area contributed by atoms with Crippen LogP contribution in [0.2, 0.25) is 0 Å². The van der Waals surface area contributed by atoms with Crippen LogP contribution in [0.4, 0.5) is 14.9 Å². The lowest BCUT2D eigenvalue weighted by atomic mass is 9.95. The van der Waals surface area contributed by atoms with Gasteiger partial charge in [0.05, 0.1) is 31.5 Å². The first-order chi connectivity index (χ1) is 20.0. The third-order valence-corrected chi connectivity index (χ3v) is 6.96. The number of hydrogen-bond donors (Lipinski definition) is 1. The van der Waals surface area contributed by atoms with Crippen LogP contribution < -0.4 is 15.0 Å². The van der Waals surface area contributed by atoms with Crippen molar-refractivity contribution >= 4 is 28.7 Å². The highest BCUT2D eigenvalue weighted by molar-refractivity contribution is 5.93. The standard InChI is InChI=1S/C33H35FN2O6/c1-6-39-28(37)17-20-9-8-12-26-31(20)41-27(19-36(26)5)23-15-21-13-14-40-30(21)25(16-23)24-11-7-10-22(29(24)34)18-35-32(38)42-33(2,3)4/h7-16,27H,6,17-19H2,1-5H3,(H,35,38)/t27-/m1/s1. The van der Waals surface area contributed by atoms with Crippen LogP contribution in [0.15, 0.2) is 65.3 Å². The van der Waals surface area contributed by atoms with Crippen molar-refractivity contribution in [2.75, 3.05) is 25.1 Å². The summed E-state index contributed by atoms with van der Waals surface area (Å²) in [6.45, 7) is 7.89. The van der Waals surface area contributed by atoms with Gasteiger partial charge in [0.2, 0.25) is 0 Å². The van der Waals surface area contributed by atoms with E-state index in [1.54, 1.807) is 52.2 Å². The van der Waals surface area contributed by atoms with Crippen LogP contribution in [0.3, 0.4) is 0 Å². The molecule has 1 atom stereocenters. The highest BCUT2D eigenvalue weighted by Crippen LogP contribution is 2.42. The van der Waals surface area contributed by atoms with Gasteiger partial charge in [0, 0.05) is 41.2 Å². The molecule has 9 heteroatoms. The number of carbonyl (C=O) groups is 2. The Hall–Kier alpha value is -4.53. The highest BCUT2D eigenvalue weighted by Gasteiger charge is 2.29. The Kier molecular flexibility index (Phi) is 8.11. The fraction of sp³-hybridized carbons (Fsp3) is 0.333. The second-order valence-corrected chi connectivity index (χ2v) is 11.3. The Balaban J connectivity index is 1.48. The number of ether oxygens (including phenoxy) is 3. The first-order valence-electron chi connectivity index (χ1n) is 13.9. The molecule has 1 aliphatic rings. The minimum atomic E-state index is -0.662. The number of nitrogens with zero attached hydrogens (tertiary/aromatic N) is 1. The third kappa shape index (κ3) is 6.20. The summed E-state index contributed by atoms with van der Waals surface area (Å²) in [7, 11) is 1.97. The molecule has 0 spiro atoms. The minimum absolute atomic E-state index is 0.0356. The number of rotatable bonds is 7. The van der Waals surface area contributed by atoms with E-state index in [2.05, 4.69) is 10.2 Å². The number of amides is 1. The van der Waals surface area contributed by atoms with Crippen molar-refractivity contribution in [2.24, 2.45) is 0 Å². The summed E-state index contributed by atoms with van der Waals surface area (Å²) < 4.78 is 38.7. The Morgan fingerprint density at radius 2 is 1.83 bits per heavy atom. The molecule has 0 aliphatic carbocycles. The summed E-state index contributed by atoms with van der Waals surface area (Å²) in [4.78, 5) is 26.5. The molecule has 3 aromatic carbocycles. The summed E-state index contributed by atoms with van der Waals surface area (Å²) in [5, 5.41) is 3.43. The second-order valence-electron chi connectivity index (χ2n) is 11.3. The molecule has 2 heterocycles. The Morgan fingerprint density at radius 1 is 1.07 bits per heavy atom. The van der Waals surface area contributed by atoms with E-state index in [4.69, 9.17) is 18.6 Å². The van der Waals surface area contributed by atoms with Gasteiger partial charge in [-0.2, -0.15) is 0 Å². The number of alkyl carbamates (subject to hydrolysis) is 1. The maximum atomic E-state index is 15.9. The van der Waals surface area contributed by atoms with Gasteiger partial charge in [-0.15, -0.1) is 0 Å². The van der Waals surface area contributed by atoms with E-state index in [0.29, 0.717) is 41.2 Å². The third-order valence-electron chi connectivity index (χ3n) is 6.96. The number of carbonyl (C=O) groups excluding carboxylic acids is 2. The van der Waals surface area contributed by atoms with Gasteiger partial charge in [-0.05, 0) is 57.5 Å². The molecule has 1 aliphatic heterocycles. The lowest BCUT2D eigenvalue weighted by Crippen LogP contribution is -2.32. The number of anilines is 1. The van der Waals surface area contributed by atoms with Crippen molar-refractivity contribution in [2.45, 2.75) is 52.4 Å². The molecule has 0 saturated heterocycles. The molecule has 220 valence electrons. The predicted octanol–water partition coefficient (Wildman–Crippen LogP) is 6.94. The van der Waals surface area contributed by atoms with Gasteiger partial charge < -0.3 is 28.8 Å². The van der Waals surface area contributed by atoms with Crippen molar-refractivity contribution < 1.29 is 32.6 Å². The van der Waals surface area contributed by atoms with Gasteiger partial charge in [-0.25, -0.2) is 9.18 Å². The quantitative estimate of drug-likeness (QED) is 0.239. The molecular formula is C33H35FN2O6. The summed E-state index contributed by atoms with van der Waals surface area (Å²) >= 11 is 0. The number of furan rings is 1. The number of halogens is 1. The van der Waals surface area contributed by atoms with Gasteiger partial charge in [-0.3, -0.25) is 4.79 Å². The van der Waals surface area contributed by atoms with E-state index in [0.717, 1.165) is 22.2 Å². The van der Waals surface area contributed by atoms with Crippen molar-refractivity contribution in [1.29, 1.82) is 0 Å². The zero-order valence-corrected chi connectivity index (χ0v) is 24.5. The molecule has 8 nitrogen and oxygen atoms in total. The molecular weight excluding hydrogens is 539 g/mol. The monoisotopic (exact) mass is 574 g/mol. The first kappa shape index (κ1) is 29.0. The van der Waals surface area contributed by atoms with Crippen molar-refractivity contribution in [3.63, 3.8) is 0 Å². The molecule has 1 amide bonds. The van der Waals surface area contributed by atoms with Gasteiger partial charge in [0.1, 0.15) is 28.9 Å². The van der Waals surface area contributed by atoms with Crippen LogP contribution in [-0.4, -0.2) is 37.9 Å². The van der Waals surface area contributed by atoms with Crippen molar-refractivity contribution in [3.8, 4) is 16.9 Å². The van der Waals surface area contributed by atoms with Gasteiger partial charge in [0.15, 0.2) is 0 Å². The second kappa shape index (κ2) is 11.8. The van der Waals surface area contributed by atoms with E-state index in [1.165, 1.54) is 0 Å². The number of hydrogen-bond acceptors (Lipinski definition) is 7. The summed E-state index contributed by atoms with van der Waals surface area (Å²) in [6.07, 6.45) is 0.649. The number of para-hydroxylation sites is 1. The van der Waals surface area contributed by atoms with E-state index in [-0.39, 0.29) is 18.9 Å². The Labute approximate surface area is 244 Å². The molecule has 0 fully saturated rings. The Morgan fingerprint density at radius 3 is 2.60 bits per heavy atom. The first-order valence-corrected chi connectivity index (χ1v) is 13.9. The average Bonchev–Trinajstić information content (AvgIpc) is 3.41.